The molecule has 1 aliphatic heterocycles. The van der Waals surface area contributed by atoms with E-state index in [4.69, 9.17) is 9.26 Å². The van der Waals surface area contributed by atoms with E-state index in [1.54, 1.807) is 0 Å². The van der Waals surface area contributed by atoms with Crippen LogP contribution in [0.2, 0.25) is 0 Å². The molecule has 5 nitrogen and oxygen atoms in total. The topological polar surface area (TPSA) is 51.4 Å². The SMILES string of the molecule is CCc1ccc(-c2noc(CN3CCC(OCC(C)C)CC3)n2)cc1. The minimum Gasteiger partial charge on any atom is -0.378 e. The summed E-state index contributed by atoms with van der Waals surface area (Å²) in [6.07, 6.45) is 3.58. The third-order valence-corrected chi connectivity index (χ3v) is 4.65. The molecule has 5 heteroatoms. The fourth-order valence-electron chi connectivity index (χ4n) is 3.08. The van der Waals surface area contributed by atoms with Gasteiger partial charge in [-0.2, -0.15) is 4.98 Å². The zero-order valence-electron chi connectivity index (χ0n) is 15.6. The van der Waals surface area contributed by atoms with Crippen LogP contribution in [0, 0.1) is 5.92 Å². The minimum absolute atomic E-state index is 0.397. The Balaban J connectivity index is 1.50. The monoisotopic (exact) mass is 343 g/mol. The summed E-state index contributed by atoms with van der Waals surface area (Å²) in [7, 11) is 0. The van der Waals surface area contributed by atoms with Gasteiger partial charge in [0, 0.05) is 25.3 Å². The van der Waals surface area contributed by atoms with Crippen LogP contribution in [0.15, 0.2) is 28.8 Å². The lowest BCUT2D eigenvalue weighted by atomic mass is 10.1. The van der Waals surface area contributed by atoms with Gasteiger partial charge in [-0.05, 0) is 30.7 Å². The molecule has 1 saturated heterocycles. The third-order valence-electron chi connectivity index (χ3n) is 4.65. The van der Waals surface area contributed by atoms with Gasteiger partial charge < -0.3 is 9.26 Å². The highest BCUT2D eigenvalue weighted by Gasteiger charge is 2.21. The van der Waals surface area contributed by atoms with Crippen LogP contribution in [0.5, 0.6) is 0 Å². The first kappa shape index (κ1) is 18.1. The van der Waals surface area contributed by atoms with Crippen LogP contribution in [0.4, 0.5) is 0 Å². The lowest BCUT2D eigenvalue weighted by molar-refractivity contribution is -0.00736. The molecule has 0 amide bonds. The molecule has 2 aromatic rings. The number of hydrogen-bond donors (Lipinski definition) is 0. The number of rotatable bonds is 7. The Hall–Kier alpha value is -1.72. The molecule has 0 bridgehead atoms. The number of benzene rings is 1. The average Bonchev–Trinajstić information content (AvgIpc) is 3.09. The molecule has 2 heterocycles. The maximum absolute atomic E-state index is 5.95. The van der Waals surface area contributed by atoms with Crippen molar-refractivity contribution < 1.29 is 9.26 Å². The molecule has 1 aromatic carbocycles. The van der Waals surface area contributed by atoms with Crippen LogP contribution >= 0.6 is 0 Å². The van der Waals surface area contributed by atoms with Gasteiger partial charge in [0.25, 0.3) is 0 Å². The first-order valence-electron chi connectivity index (χ1n) is 9.40. The Morgan fingerprint density at radius 1 is 1.20 bits per heavy atom. The highest BCUT2D eigenvalue weighted by atomic mass is 16.5. The van der Waals surface area contributed by atoms with Gasteiger partial charge in [-0.15, -0.1) is 0 Å². The van der Waals surface area contributed by atoms with E-state index in [1.807, 2.05) is 0 Å². The van der Waals surface area contributed by atoms with Crippen molar-refractivity contribution in [2.75, 3.05) is 19.7 Å². The number of hydrogen-bond acceptors (Lipinski definition) is 5. The first-order valence-corrected chi connectivity index (χ1v) is 9.40. The Morgan fingerprint density at radius 3 is 2.56 bits per heavy atom. The lowest BCUT2D eigenvalue weighted by Gasteiger charge is -2.31. The van der Waals surface area contributed by atoms with E-state index < -0.39 is 0 Å². The summed E-state index contributed by atoms with van der Waals surface area (Å²) in [5, 5.41) is 4.13. The van der Waals surface area contributed by atoms with Crippen LogP contribution in [0.25, 0.3) is 11.4 Å². The van der Waals surface area contributed by atoms with Gasteiger partial charge in [-0.25, -0.2) is 0 Å². The fraction of sp³-hybridized carbons (Fsp3) is 0.600. The second-order valence-electron chi connectivity index (χ2n) is 7.26. The summed E-state index contributed by atoms with van der Waals surface area (Å²) in [5.41, 5.74) is 2.32. The van der Waals surface area contributed by atoms with E-state index >= 15 is 0 Å². The number of aromatic nitrogens is 2. The quantitative estimate of drug-likeness (QED) is 0.762. The molecular weight excluding hydrogens is 314 g/mol. The number of aryl methyl sites for hydroxylation is 1. The van der Waals surface area contributed by atoms with Crippen LogP contribution in [0.1, 0.15) is 45.1 Å². The Morgan fingerprint density at radius 2 is 1.92 bits per heavy atom. The number of nitrogens with zero attached hydrogens (tertiary/aromatic N) is 3. The standard InChI is InChI=1S/C20H29N3O2/c1-4-16-5-7-17(8-6-16)20-21-19(25-22-20)13-23-11-9-18(10-12-23)24-14-15(2)3/h5-8,15,18H,4,9-14H2,1-3H3. The van der Waals surface area contributed by atoms with Crippen LogP contribution in [-0.2, 0) is 17.7 Å². The van der Waals surface area contributed by atoms with E-state index in [0.717, 1.165) is 51.1 Å². The van der Waals surface area contributed by atoms with Crippen molar-refractivity contribution in [1.82, 2.24) is 15.0 Å². The molecular formula is C20H29N3O2. The summed E-state index contributed by atoms with van der Waals surface area (Å²) in [6.45, 7) is 10.2. The van der Waals surface area contributed by atoms with Crippen LogP contribution in [-0.4, -0.2) is 40.8 Å². The fourth-order valence-corrected chi connectivity index (χ4v) is 3.08. The van der Waals surface area contributed by atoms with Gasteiger partial charge in [0.1, 0.15) is 0 Å². The van der Waals surface area contributed by atoms with E-state index in [-0.39, 0.29) is 0 Å². The van der Waals surface area contributed by atoms with Crippen molar-refractivity contribution in [3.8, 4) is 11.4 Å². The molecule has 25 heavy (non-hydrogen) atoms. The third kappa shape index (κ3) is 5.13. The van der Waals surface area contributed by atoms with Crippen molar-refractivity contribution in [3.05, 3.63) is 35.7 Å². The highest BCUT2D eigenvalue weighted by molar-refractivity contribution is 5.54. The second-order valence-corrected chi connectivity index (χ2v) is 7.26. The summed E-state index contributed by atoms with van der Waals surface area (Å²) in [4.78, 5) is 6.93. The molecule has 0 atom stereocenters. The predicted octanol–water partition coefficient (Wildman–Crippen LogP) is 3.94. The zero-order valence-corrected chi connectivity index (χ0v) is 15.6. The Kier molecular flexibility index (Phi) is 6.21. The van der Waals surface area contributed by atoms with E-state index in [1.165, 1.54) is 5.56 Å². The van der Waals surface area contributed by atoms with Crippen LogP contribution in [0.3, 0.4) is 0 Å². The van der Waals surface area contributed by atoms with Gasteiger partial charge in [0.2, 0.25) is 11.7 Å². The summed E-state index contributed by atoms with van der Waals surface area (Å²) >= 11 is 0. The van der Waals surface area contributed by atoms with Crippen LogP contribution < -0.4 is 0 Å². The maximum Gasteiger partial charge on any atom is 0.241 e. The van der Waals surface area contributed by atoms with Gasteiger partial charge in [-0.1, -0.05) is 50.2 Å². The lowest BCUT2D eigenvalue weighted by Crippen LogP contribution is -2.37. The first-order chi connectivity index (χ1) is 12.1. The number of likely N-dealkylation sites (tertiary alicyclic amines) is 1. The van der Waals surface area contributed by atoms with Crippen molar-refractivity contribution in [2.24, 2.45) is 5.92 Å². The van der Waals surface area contributed by atoms with E-state index in [2.05, 4.69) is 60.1 Å². The molecule has 0 radical (unpaired) electrons. The van der Waals surface area contributed by atoms with Crippen molar-refractivity contribution in [2.45, 2.75) is 52.7 Å². The Labute approximate surface area is 150 Å². The minimum atomic E-state index is 0.397. The maximum atomic E-state index is 5.95. The van der Waals surface area contributed by atoms with Gasteiger partial charge >= 0.3 is 0 Å². The molecule has 1 aromatic heterocycles. The smallest absolute Gasteiger partial charge is 0.241 e. The van der Waals surface area contributed by atoms with Gasteiger partial charge in [-0.3, -0.25) is 4.90 Å². The van der Waals surface area contributed by atoms with Crippen molar-refractivity contribution in [1.29, 1.82) is 0 Å². The zero-order chi connectivity index (χ0) is 17.6. The summed E-state index contributed by atoms with van der Waals surface area (Å²) in [5.74, 6) is 1.96. The molecule has 3 rings (SSSR count). The van der Waals surface area contributed by atoms with E-state index in [9.17, 15) is 0 Å². The molecule has 0 aliphatic carbocycles. The molecule has 0 spiro atoms. The molecule has 136 valence electrons. The molecule has 1 aliphatic rings. The largest absolute Gasteiger partial charge is 0.378 e. The second kappa shape index (κ2) is 8.59. The number of piperidine rings is 1. The van der Waals surface area contributed by atoms with Gasteiger partial charge in [0.15, 0.2) is 0 Å². The highest BCUT2D eigenvalue weighted by Crippen LogP contribution is 2.20. The molecule has 0 saturated carbocycles. The normalized spacial score (nSPS) is 16.6. The molecule has 0 unspecified atom stereocenters. The average molecular weight is 343 g/mol. The summed E-state index contributed by atoms with van der Waals surface area (Å²) in [6, 6.07) is 8.36. The summed E-state index contributed by atoms with van der Waals surface area (Å²) < 4.78 is 11.4. The van der Waals surface area contributed by atoms with Crippen molar-refractivity contribution in [3.63, 3.8) is 0 Å². The number of ether oxygens (including phenoxy) is 1. The molecule has 0 N–H and O–H groups in total. The van der Waals surface area contributed by atoms with E-state index in [0.29, 0.717) is 23.7 Å². The predicted molar refractivity (Wildman–Crippen MR) is 98.2 cm³/mol. The van der Waals surface area contributed by atoms with Gasteiger partial charge in [0.05, 0.1) is 12.6 Å². The Bertz CT molecular complexity index is 643. The molecule has 1 fully saturated rings. The van der Waals surface area contributed by atoms with Crippen molar-refractivity contribution >= 4 is 0 Å².